The summed E-state index contributed by atoms with van der Waals surface area (Å²) in [6, 6.07) is 13.2. The predicted octanol–water partition coefficient (Wildman–Crippen LogP) is 2.97. The first kappa shape index (κ1) is 13.8. The Morgan fingerprint density at radius 1 is 0.955 bits per heavy atom. The lowest BCUT2D eigenvalue weighted by atomic mass is 9.82. The molecule has 1 heterocycles. The van der Waals surface area contributed by atoms with E-state index in [9.17, 15) is 10.2 Å². The Bertz CT molecular complexity index is 774. The largest absolute Gasteiger partial charge is 0.454 e. The third kappa shape index (κ3) is 1.48. The van der Waals surface area contributed by atoms with Crippen molar-refractivity contribution in [3.05, 3.63) is 64.7 Å². The molecule has 1 aliphatic carbocycles. The average molecular weight is 296 g/mol. The molecule has 0 fully saturated rings. The molecule has 22 heavy (non-hydrogen) atoms. The first-order chi connectivity index (χ1) is 10.3. The van der Waals surface area contributed by atoms with E-state index in [2.05, 4.69) is 26.8 Å². The van der Waals surface area contributed by atoms with Crippen LogP contribution in [0.1, 0.15) is 43.0 Å². The molecule has 0 spiro atoms. The second kappa shape index (κ2) is 3.92. The number of ether oxygens (including phenoxy) is 1. The predicted molar refractivity (Wildman–Crippen MR) is 83.7 cm³/mol. The minimum atomic E-state index is -1.70. The number of rotatable bonds is 0. The average Bonchev–Trinajstić information content (AvgIpc) is 2.80. The summed E-state index contributed by atoms with van der Waals surface area (Å²) < 4.78 is 5.82. The standard InChI is InChI=1S/C19H20O3/c1-17(2,3)13-8-6-9-14-12(13)11-18(20)15-7-4-5-10-16(15)22-19(14,18)21/h4-10,20-21H,11H2,1-3H3. The van der Waals surface area contributed by atoms with Crippen LogP contribution in [0.4, 0.5) is 0 Å². The van der Waals surface area contributed by atoms with Gasteiger partial charge in [-0.2, -0.15) is 0 Å². The third-order valence-electron chi connectivity index (χ3n) is 4.93. The molecule has 114 valence electrons. The van der Waals surface area contributed by atoms with Crippen LogP contribution in [0, 0.1) is 0 Å². The summed E-state index contributed by atoms with van der Waals surface area (Å²) in [7, 11) is 0. The van der Waals surface area contributed by atoms with Crippen molar-refractivity contribution in [1.29, 1.82) is 0 Å². The van der Waals surface area contributed by atoms with Gasteiger partial charge in [-0.1, -0.05) is 57.2 Å². The Hall–Kier alpha value is -1.84. The molecule has 2 aromatic rings. The lowest BCUT2D eigenvalue weighted by Gasteiger charge is -2.30. The van der Waals surface area contributed by atoms with Gasteiger partial charge in [-0.25, -0.2) is 0 Å². The van der Waals surface area contributed by atoms with Crippen molar-refractivity contribution in [2.75, 3.05) is 0 Å². The molecule has 2 unspecified atom stereocenters. The summed E-state index contributed by atoms with van der Waals surface area (Å²) >= 11 is 0. The fourth-order valence-electron chi connectivity index (χ4n) is 3.87. The van der Waals surface area contributed by atoms with Crippen LogP contribution in [0.2, 0.25) is 0 Å². The smallest absolute Gasteiger partial charge is 0.268 e. The summed E-state index contributed by atoms with van der Waals surface area (Å²) in [6.45, 7) is 6.42. The summed E-state index contributed by atoms with van der Waals surface area (Å²) in [6.07, 6.45) is 0.364. The van der Waals surface area contributed by atoms with Crippen molar-refractivity contribution in [2.45, 2.75) is 44.0 Å². The molecule has 1 aliphatic heterocycles. The zero-order valence-electron chi connectivity index (χ0n) is 13.1. The number of hydrogen-bond donors (Lipinski definition) is 2. The zero-order chi connectivity index (χ0) is 15.8. The van der Waals surface area contributed by atoms with E-state index in [0.717, 1.165) is 11.1 Å². The third-order valence-corrected chi connectivity index (χ3v) is 4.93. The molecule has 2 atom stereocenters. The van der Waals surface area contributed by atoms with Gasteiger partial charge in [0.05, 0.1) is 0 Å². The van der Waals surface area contributed by atoms with Crippen molar-refractivity contribution in [3.63, 3.8) is 0 Å². The van der Waals surface area contributed by atoms with Gasteiger partial charge in [0.25, 0.3) is 5.79 Å². The van der Waals surface area contributed by atoms with E-state index in [1.165, 1.54) is 0 Å². The lowest BCUT2D eigenvalue weighted by Crippen LogP contribution is -2.45. The van der Waals surface area contributed by atoms with E-state index in [-0.39, 0.29) is 5.41 Å². The highest BCUT2D eigenvalue weighted by Crippen LogP contribution is 2.59. The van der Waals surface area contributed by atoms with E-state index < -0.39 is 11.4 Å². The van der Waals surface area contributed by atoms with Crippen LogP contribution in [0.3, 0.4) is 0 Å². The molecule has 3 heteroatoms. The SMILES string of the molecule is CC(C)(C)c1cccc2c1CC1(O)c3ccccc3OC21O. The van der Waals surface area contributed by atoms with Crippen molar-refractivity contribution in [2.24, 2.45) is 0 Å². The van der Waals surface area contributed by atoms with Crippen LogP contribution in [-0.4, -0.2) is 10.2 Å². The van der Waals surface area contributed by atoms with E-state index >= 15 is 0 Å². The zero-order valence-corrected chi connectivity index (χ0v) is 13.1. The van der Waals surface area contributed by atoms with Crippen LogP contribution in [0.25, 0.3) is 0 Å². The fourth-order valence-corrected chi connectivity index (χ4v) is 3.87. The number of para-hydroxylation sites is 1. The minimum Gasteiger partial charge on any atom is -0.454 e. The number of aliphatic hydroxyl groups is 2. The maximum absolute atomic E-state index is 11.3. The molecule has 2 aliphatic rings. The summed E-state index contributed by atoms with van der Waals surface area (Å²) in [5.41, 5.74) is 1.99. The summed E-state index contributed by atoms with van der Waals surface area (Å²) in [5, 5.41) is 22.5. The second-order valence-corrected chi connectivity index (χ2v) is 7.36. The molecule has 3 nitrogen and oxygen atoms in total. The van der Waals surface area contributed by atoms with E-state index in [0.29, 0.717) is 23.3 Å². The van der Waals surface area contributed by atoms with Gasteiger partial charge in [-0.05, 0) is 22.6 Å². The quantitative estimate of drug-likeness (QED) is 0.786. The van der Waals surface area contributed by atoms with Crippen molar-refractivity contribution < 1.29 is 14.9 Å². The Labute approximate surface area is 130 Å². The van der Waals surface area contributed by atoms with Gasteiger partial charge >= 0.3 is 0 Å². The molecule has 2 N–H and O–H groups in total. The monoisotopic (exact) mass is 296 g/mol. The first-order valence-corrected chi connectivity index (χ1v) is 7.63. The summed E-state index contributed by atoms with van der Waals surface area (Å²) in [5.74, 6) is -1.15. The Balaban J connectivity index is 1.97. The van der Waals surface area contributed by atoms with Gasteiger partial charge in [0.15, 0.2) is 5.60 Å². The Morgan fingerprint density at radius 2 is 1.64 bits per heavy atom. The van der Waals surface area contributed by atoms with Crippen molar-refractivity contribution >= 4 is 0 Å². The molecule has 0 radical (unpaired) electrons. The number of hydrogen-bond acceptors (Lipinski definition) is 3. The van der Waals surface area contributed by atoms with E-state index in [4.69, 9.17) is 4.74 Å². The highest BCUT2D eigenvalue weighted by molar-refractivity contribution is 5.56. The first-order valence-electron chi connectivity index (χ1n) is 7.63. The molecule has 0 saturated heterocycles. The van der Waals surface area contributed by atoms with Gasteiger partial charge < -0.3 is 14.9 Å². The molecule has 0 amide bonds. The highest BCUT2D eigenvalue weighted by Gasteiger charge is 2.65. The Morgan fingerprint density at radius 3 is 2.36 bits per heavy atom. The summed E-state index contributed by atoms with van der Waals surface area (Å²) in [4.78, 5) is 0. The van der Waals surface area contributed by atoms with Gasteiger partial charge in [-0.15, -0.1) is 0 Å². The van der Waals surface area contributed by atoms with E-state index in [1.54, 1.807) is 6.07 Å². The fraction of sp³-hybridized carbons (Fsp3) is 0.368. The van der Waals surface area contributed by atoms with Crippen LogP contribution in [-0.2, 0) is 23.2 Å². The van der Waals surface area contributed by atoms with Crippen molar-refractivity contribution in [3.8, 4) is 5.75 Å². The van der Waals surface area contributed by atoms with Crippen molar-refractivity contribution in [1.82, 2.24) is 0 Å². The van der Waals surface area contributed by atoms with Crippen LogP contribution in [0.5, 0.6) is 5.75 Å². The van der Waals surface area contributed by atoms with Gasteiger partial charge in [0.1, 0.15) is 5.75 Å². The lowest BCUT2D eigenvalue weighted by molar-refractivity contribution is -0.242. The second-order valence-electron chi connectivity index (χ2n) is 7.36. The minimum absolute atomic E-state index is 0.0593. The number of fused-ring (bicyclic) bond motifs is 5. The number of benzene rings is 2. The molecule has 2 aromatic carbocycles. The molecule has 0 aromatic heterocycles. The van der Waals surface area contributed by atoms with E-state index in [1.807, 2.05) is 30.3 Å². The molecular weight excluding hydrogens is 276 g/mol. The normalized spacial score (nSPS) is 28.8. The van der Waals surface area contributed by atoms with Gasteiger partial charge in [0, 0.05) is 17.5 Å². The molecule has 0 saturated carbocycles. The highest BCUT2D eigenvalue weighted by atomic mass is 16.7. The van der Waals surface area contributed by atoms with Crippen LogP contribution < -0.4 is 4.74 Å². The van der Waals surface area contributed by atoms with Gasteiger partial charge in [0.2, 0.25) is 0 Å². The molecule has 4 rings (SSSR count). The van der Waals surface area contributed by atoms with Crippen LogP contribution >= 0.6 is 0 Å². The molecular formula is C19H20O3. The van der Waals surface area contributed by atoms with Gasteiger partial charge in [-0.3, -0.25) is 0 Å². The topological polar surface area (TPSA) is 49.7 Å². The van der Waals surface area contributed by atoms with Crippen LogP contribution in [0.15, 0.2) is 42.5 Å². The maximum atomic E-state index is 11.3. The molecule has 0 bridgehead atoms. The Kier molecular flexibility index (Phi) is 2.46. The maximum Gasteiger partial charge on any atom is 0.268 e.